The molecule has 0 spiro atoms. The Bertz CT molecular complexity index is 624. The Hall–Kier alpha value is -2.13. The van der Waals surface area contributed by atoms with E-state index in [9.17, 15) is 9.90 Å². The Kier molecular flexibility index (Phi) is 4.02. The van der Waals surface area contributed by atoms with Gasteiger partial charge in [0.25, 0.3) is 0 Å². The molecule has 0 bridgehead atoms. The molecule has 2 aromatic rings. The lowest BCUT2D eigenvalue weighted by Gasteiger charge is -2.28. The van der Waals surface area contributed by atoms with E-state index in [2.05, 4.69) is 23.1 Å². The zero-order chi connectivity index (χ0) is 14.7. The molecule has 1 atom stereocenters. The zero-order valence-electron chi connectivity index (χ0n) is 11.9. The molecule has 0 saturated heterocycles. The number of hydrogen-bond acceptors (Lipinski definition) is 2. The second-order valence-corrected chi connectivity index (χ2v) is 5.49. The Morgan fingerprint density at radius 3 is 2.38 bits per heavy atom. The van der Waals surface area contributed by atoms with E-state index in [1.54, 1.807) is 0 Å². The minimum Gasteiger partial charge on any atom is -0.480 e. The van der Waals surface area contributed by atoms with E-state index in [4.69, 9.17) is 0 Å². The van der Waals surface area contributed by atoms with Gasteiger partial charge in [0.05, 0.1) is 0 Å². The molecule has 3 nitrogen and oxygen atoms in total. The first-order chi connectivity index (χ1) is 10.3. The second kappa shape index (κ2) is 6.10. The van der Waals surface area contributed by atoms with Crippen LogP contribution in [0.15, 0.2) is 54.6 Å². The van der Waals surface area contributed by atoms with E-state index in [-0.39, 0.29) is 0 Å². The van der Waals surface area contributed by atoms with Crippen LogP contribution in [0.3, 0.4) is 0 Å². The number of aryl methyl sites for hydroxylation is 1. The van der Waals surface area contributed by atoms with Gasteiger partial charge in [0.15, 0.2) is 0 Å². The molecule has 1 heterocycles. The molecule has 0 aliphatic carbocycles. The molecule has 108 valence electrons. The lowest BCUT2D eigenvalue weighted by atomic mass is 10.0. The standard InChI is InChI=1S/C18H19NO2/c20-18(21)17(15-8-2-1-3-9-15)19-12-6-11-14-7-4-5-10-16(14)13-19/h1-5,7-10,17H,6,11-13H2,(H,20,21). The van der Waals surface area contributed by atoms with Crippen LogP contribution in [-0.2, 0) is 17.8 Å². The van der Waals surface area contributed by atoms with E-state index < -0.39 is 12.0 Å². The van der Waals surface area contributed by atoms with Crippen molar-refractivity contribution in [1.29, 1.82) is 0 Å². The van der Waals surface area contributed by atoms with Crippen molar-refractivity contribution in [2.45, 2.75) is 25.4 Å². The van der Waals surface area contributed by atoms with E-state index >= 15 is 0 Å². The number of benzene rings is 2. The molecule has 3 rings (SSSR count). The molecule has 1 N–H and O–H groups in total. The predicted octanol–water partition coefficient (Wildman–Crippen LogP) is 3.26. The van der Waals surface area contributed by atoms with Crippen molar-refractivity contribution < 1.29 is 9.90 Å². The van der Waals surface area contributed by atoms with Crippen LogP contribution in [0, 0.1) is 0 Å². The van der Waals surface area contributed by atoms with Crippen LogP contribution in [0.1, 0.15) is 29.2 Å². The molecule has 0 amide bonds. The molecule has 1 unspecified atom stereocenters. The van der Waals surface area contributed by atoms with Gasteiger partial charge in [-0.15, -0.1) is 0 Å². The minimum absolute atomic E-state index is 0.572. The third kappa shape index (κ3) is 2.98. The summed E-state index contributed by atoms with van der Waals surface area (Å²) in [6.45, 7) is 1.50. The van der Waals surface area contributed by atoms with E-state index in [1.165, 1.54) is 11.1 Å². The third-order valence-corrected chi connectivity index (χ3v) is 4.10. The van der Waals surface area contributed by atoms with Gasteiger partial charge in [-0.05, 0) is 36.1 Å². The minimum atomic E-state index is -0.777. The Morgan fingerprint density at radius 2 is 1.67 bits per heavy atom. The van der Waals surface area contributed by atoms with Crippen LogP contribution in [0.5, 0.6) is 0 Å². The lowest BCUT2D eigenvalue weighted by molar-refractivity contribution is -0.143. The maximum absolute atomic E-state index is 11.8. The number of hydrogen-bond donors (Lipinski definition) is 1. The van der Waals surface area contributed by atoms with Crippen molar-refractivity contribution in [3.05, 3.63) is 71.3 Å². The number of fused-ring (bicyclic) bond motifs is 1. The van der Waals surface area contributed by atoms with Crippen molar-refractivity contribution in [1.82, 2.24) is 4.90 Å². The topological polar surface area (TPSA) is 40.5 Å². The Morgan fingerprint density at radius 1 is 1.00 bits per heavy atom. The molecule has 0 radical (unpaired) electrons. The Labute approximate surface area is 124 Å². The molecule has 3 heteroatoms. The van der Waals surface area contributed by atoms with E-state index in [0.29, 0.717) is 6.54 Å². The SMILES string of the molecule is O=C(O)C(c1ccccc1)N1CCCc2ccccc2C1. The summed E-state index contributed by atoms with van der Waals surface area (Å²) in [6, 6.07) is 17.3. The van der Waals surface area contributed by atoms with Crippen molar-refractivity contribution >= 4 is 5.97 Å². The van der Waals surface area contributed by atoms with Gasteiger partial charge in [0, 0.05) is 6.54 Å². The molecule has 0 aromatic heterocycles. The molecule has 1 aliphatic rings. The summed E-state index contributed by atoms with van der Waals surface area (Å²) in [7, 11) is 0. The van der Waals surface area contributed by atoms with Gasteiger partial charge < -0.3 is 5.11 Å². The molecule has 1 aliphatic heterocycles. The first kappa shape index (κ1) is 13.8. The van der Waals surface area contributed by atoms with E-state index in [0.717, 1.165) is 24.9 Å². The molecule has 2 aromatic carbocycles. The van der Waals surface area contributed by atoms with Gasteiger partial charge in [0.2, 0.25) is 0 Å². The molecular formula is C18H19NO2. The van der Waals surface area contributed by atoms with E-state index in [1.807, 2.05) is 36.4 Å². The summed E-state index contributed by atoms with van der Waals surface area (Å²) in [6.07, 6.45) is 2.02. The van der Waals surface area contributed by atoms with Gasteiger partial charge in [0.1, 0.15) is 6.04 Å². The van der Waals surface area contributed by atoms with Gasteiger partial charge in [-0.25, -0.2) is 0 Å². The number of carboxylic acids is 1. The third-order valence-electron chi connectivity index (χ3n) is 4.10. The maximum atomic E-state index is 11.8. The lowest BCUT2D eigenvalue weighted by Crippen LogP contribution is -2.33. The van der Waals surface area contributed by atoms with Gasteiger partial charge in [-0.2, -0.15) is 0 Å². The quantitative estimate of drug-likeness (QED) is 0.938. The molecule has 0 saturated carbocycles. The van der Waals surface area contributed by atoms with Crippen molar-refractivity contribution in [3.63, 3.8) is 0 Å². The van der Waals surface area contributed by atoms with Crippen LogP contribution in [0.25, 0.3) is 0 Å². The monoisotopic (exact) mass is 281 g/mol. The first-order valence-corrected chi connectivity index (χ1v) is 7.34. The van der Waals surface area contributed by atoms with Gasteiger partial charge >= 0.3 is 5.97 Å². The highest BCUT2D eigenvalue weighted by Crippen LogP contribution is 2.27. The largest absolute Gasteiger partial charge is 0.480 e. The molecule has 0 fully saturated rings. The average Bonchev–Trinajstić information content (AvgIpc) is 2.70. The van der Waals surface area contributed by atoms with Crippen LogP contribution < -0.4 is 0 Å². The fourth-order valence-corrected chi connectivity index (χ4v) is 3.09. The smallest absolute Gasteiger partial charge is 0.325 e. The highest BCUT2D eigenvalue weighted by atomic mass is 16.4. The number of carbonyl (C=O) groups is 1. The number of aliphatic carboxylic acids is 1. The van der Waals surface area contributed by atoms with Crippen LogP contribution in [0.4, 0.5) is 0 Å². The number of rotatable bonds is 3. The fourth-order valence-electron chi connectivity index (χ4n) is 3.09. The highest BCUT2D eigenvalue weighted by molar-refractivity contribution is 5.75. The first-order valence-electron chi connectivity index (χ1n) is 7.34. The summed E-state index contributed by atoms with van der Waals surface area (Å²) in [4.78, 5) is 13.9. The second-order valence-electron chi connectivity index (χ2n) is 5.49. The maximum Gasteiger partial charge on any atom is 0.325 e. The summed E-state index contributed by atoms with van der Waals surface area (Å²) in [5.41, 5.74) is 3.44. The van der Waals surface area contributed by atoms with Crippen LogP contribution >= 0.6 is 0 Å². The average molecular weight is 281 g/mol. The summed E-state index contributed by atoms with van der Waals surface area (Å²) >= 11 is 0. The zero-order valence-corrected chi connectivity index (χ0v) is 11.9. The fraction of sp³-hybridized carbons (Fsp3) is 0.278. The molecule has 21 heavy (non-hydrogen) atoms. The van der Waals surface area contributed by atoms with Gasteiger partial charge in [-0.3, -0.25) is 9.69 Å². The number of carboxylic acid groups (broad SMARTS) is 1. The number of nitrogens with zero attached hydrogens (tertiary/aromatic N) is 1. The molecular weight excluding hydrogens is 262 g/mol. The summed E-state index contributed by atoms with van der Waals surface area (Å²) < 4.78 is 0. The Balaban J connectivity index is 1.92. The van der Waals surface area contributed by atoms with Crippen LogP contribution in [0.2, 0.25) is 0 Å². The van der Waals surface area contributed by atoms with Crippen LogP contribution in [-0.4, -0.2) is 22.5 Å². The highest BCUT2D eigenvalue weighted by Gasteiger charge is 2.28. The van der Waals surface area contributed by atoms with Crippen molar-refractivity contribution in [2.24, 2.45) is 0 Å². The predicted molar refractivity (Wildman–Crippen MR) is 82.0 cm³/mol. The van der Waals surface area contributed by atoms with Gasteiger partial charge in [-0.1, -0.05) is 54.6 Å². The normalized spacial score (nSPS) is 16.8. The summed E-state index contributed by atoms with van der Waals surface area (Å²) in [5.74, 6) is -0.777. The van der Waals surface area contributed by atoms with Crippen molar-refractivity contribution in [3.8, 4) is 0 Å². The summed E-state index contributed by atoms with van der Waals surface area (Å²) in [5, 5.41) is 9.68. The van der Waals surface area contributed by atoms with Crippen molar-refractivity contribution in [2.75, 3.05) is 6.54 Å².